The van der Waals surface area contributed by atoms with Crippen molar-refractivity contribution in [2.75, 3.05) is 20.8 Å². The first-order valence-corrected chi connectivity index (χ1v) is 4.61. The van der Waals surface area contributed by atoms with Crippen LogP contribution in [0.25, 0.3) is 0 Å². The third-order valence-corrected chi connectivity index (χ3v) is 1.98. The Balaban J connectivity index is 2.93. The summed E-state index contributed by atoms with van der Waals surface area (Å²) in [5.74, 6) is 1.61. The Morgan fingerprint density at radius 1 is 1.07 bits per heavy atom. The minimum atomic E-state index is 0.518. The molecule has 0 atom stereocenters. The smallest absolute Gasteiger partial charge is 0.128 e. The average Bonchev–Trinajstić information content (AvgIpc) is 2.25. The van der Waals surface area contributed by atoms with Crippen molar-refractivity contribution in [1.82, 2.24) is 0 Å². The van der Waals surface area contributed by atoms with Gasteiger partial charge in [0.2, 0.25) is 0 Å². The predicted molar refractivity (Wildman–Crippen MR) is 54.9 cm³/mol. The lowest BCUT2D eigenvalue weighted by Crippen LogP contribution is -1.99. The molecule has 0 aromatic heterocycles. The molecule has 0 bridgehead atoms. The summed E-state index contributed by atoms with van der Waals surface area (Å²) in [5.41, 5.74) is 0.958. The fraction of sp³-hybridized carbons (Fsp3) is 0.455. The molecule has 3 heteroatoms. The Labute approximate surface area is 84.6 Å². The van der Waals surface area contributed by atoms with Gasteiger partial charge in [-0.05, 0) is 19.1 Å². The molecule has 0 fully saturated rings. The zero-order valence-electron chi connectivity index (χ0n) is 8.87. The number of hydrogen-bond acceptors (Lipinski definition) is 3. The number of ether oxygens (including phenoxy) is 3. The van der Waals surface area contributed by atoms with Crippen LogP contribution in [0.2, 0.25) is 0 Å². The van der Waals surface area contributed by atoms with E-state index in [9.17, 15) is 0 Å². The van der Waals surface area contributed by atoms with Gasteiger partial charge in [0.25, 0.3) is 0 Å². The lowest BCUT2D eigenvalue weighted by Gasteiger charge is -2.12. The molecule has 14 heavy (non-hydrogen) atoms. The Kier molecular flexibility index (Phi) is 4.26. The molecule has 3 nitrogen and oxygen atoms in total. The highest BCUT2D eigenvalue weighted by atomic mass is 16.5. The standard InChI is InChI=1S/C11H16O3/c1-4-14-8-9-10(12-2)6-5-7-11(9)13-3/h5-7H,4,8H2,1-3H3. The van der Waals surface area contributed by atoms with Gasteiger partial charge in [0, 0.05) is 6.61 Å². The van der Waals surface area contributed by atoms with E-state index in [-0.39, 0.29) is 0 Å². The first-order chi connectivity index (χ1) is 6.83. The van der Waals surface area contributed by atoms with Gasteiger partial charge < -0.3 is 14.2 Å². The molecule has 0 N–H and O–H groups in total. The summed E-state index contributed by atoms with van der Waals surface area (Å²) in [6, 6.07) is 5.70. The number of hydrogen-bond donors (Lipinski definition) is 0. The van der Waals surface area contributed by atoms with Gasteiger partial charge in [0.1, 0.15) is 11.5 Å². The van der Waals surface area contributed by atoms with Crippen molar-refractivity contribution in [3.63, 3.8) is 0 Å². The topological polar surface area (TPSA) is 27.7 Å². The van der Waals surface area contributed by atoms with Crippen molar-refractivity contribution in [1.29, 1.82) is 0 Å². The van der Waals surface area contributed by atoms with E-state index in [0.717, 1.165) is 17.1 Å². The molecule has 0 unspecified atom stereocenters. The molecule has 78 valence electrons. The predicted octanol–water partition coefficient (Wildman–Crippen LogP) is 2.24. The Morgan fingerprint density at radius 3 is 2.07 bits per heavy atom. The fourth-order valence-electron chi connectivity index (χ4n) is 1.27. The third kappa shape index (κ3) is 2.39. The average molecular weight is 196 g/mol. The fourth-order valence-corrected chi connectivity index (χ4v) is 1.27. The van der Waals surface area contributed by atoms with Gasteiger partial charge in [-0.2, -0.15) is 0 Å². The normalized spacial score (nSPS) is 9.93. The van der Waals surface area contributed by atoms with Gasteiger partial charge in [-0.1, -0.05) is 6.07 Å². The summed E-state index contributed by atoms with van der Waals surface area (Å²) >= 11 is 0. The monoisotopic (exact) mass is 196 g/mol. The second-order valence-corrected chi connectivity index (χ2v) is 2.78. The Morgan fingerprint density at radius 2 is 1.64 bits per heavy atom. The minimum absolute atomic E-state index is 0.518. The van der Waals surface area contributed by atoms with E-state index >= 15 is 0 Å². The van der Waals surface area contributed by atoms with Gasteiger partial charge in [0.15, 0.2) is 0 Å². The maximum Gasteiger partial charge on any atom is 0.128 e. The molecular weight excluding hydrogens is 180 g/mol. The molecule has 0 aliphatic carbocycles. The van der Waals surface area contributed by atoms with Crippen molar-refractivity contribution in [2.45, 2.75) is 13.5 Å². The van der Waals surface area contributed by atoms with Crippen LogP contribution in [0.15, 0.2) is 18.2 Å². The molecule has 0 spiro atoms. The summed E-state index contributed by atoms with van der Waals surface area (Å²) in [7, 11) is 3.29. The third-order valence-electron chi connectivity index (χ3n) is 1.98. The Hall–Kier alpha value is -1.22. The van der Waals surface area contributed by atoms with E-state index in [1.807, 2.05) is 25.1 Å². The SMILES string of the molecule is CCOCc1c(OC)cccc1OC. The summed E-state index contributed by atoms with van der Waals surface area (Å²) < 4.78 is 15.8. The molecule has 0 radical (unpaired) electrons. The second-order valence-electron chi connectivity index (χ2n) is 2.78. The van der Waals surface area contributed by atoms with E-state index in [0.29, 0.717) is 13.2 Å². The van der Waals surface area contributed by atoms with E-state index in [4.69, 9.17) is 14.2 Å². The molecule has 1 rings (SSSR count). The van der Waals surface area contributed by atoms with Crippen LogP contribution in [0.3, 0.4) is 0 Å². The van der Waals surface area contributed by atoms with Crippen LogP contribution < -0.4 is 9.47 Å². The van der Waals surface area contributed by atoms with Crippen molar-refractivity contribution >= 4 is 0 Å². The van der Waals surface area contributed by atoms with Gasteiger partial charge in [-0.25, -0.2) is 0 Å². The highest BCUT2D eigenvalue weighted by molar-refractivity contribution is 5.44. The minimum Gasteiger partial charge on any atom is -0.496 e. The van der Waals surface area contributed by atoms with E-state index in [1.165, 1.54) is 0 Å². The zero-order chi connectivity index (χ0) is 10.4. The quantitative estimate of drug-likeness (QED) is 0.722. The van der Waals surface area contributed by atoms with Gasteiger partial charge in [-0.3, -0.25) is 0 Å². The van der Waals surface area contributed by atoms with E-state index in [2.05, 4.69) is 0 Å². The molecule has 1 aromatic rings. The summed E-state index contributed by atoms with van der Waals surface area (Å²) in [6.07, 6.45) is 0. The first kappa shape index (κ1) is 10.9. The van der Waals surface area contributed by atoms with Crippen molar-refractivity contribution in [2.24, 2.45) is 0 Å². The molecular formula is C11H16O3. The van der Waals surface area contributed by atoms with Crippen molar-refractivity contribution in [3.8, 4) is 11.5 Å². The highest BCUT2D eigenvalue weighted by Crippen LogP contribution is 2.28. The number of methoxy groups -OCH3 is 2. The van der Waals surface area contributed by atoms with E-state index < -0.39 is 0 Å². The summed E-state index contributed by atoms with van der Waals surface area (Å²) in [5, 5.41) is 0. The van der Waals surface area contributed by atoms with Crippen molar-refractivity contribution in [3.05, 3.63) is 23.8 Å². The molecule has 1 aromatic carbocycles. The van der Waals surface area contributed by atoms with Gasteiger partial charge in [0.05, 0.1) is 26.4 Å². The van der Waals surface area contributed by atoms with Crippen LogP contribution >= 0.6 is 0 Å². The lowest BCUT2D eigenvalue weighted by atomic mass is 10.2. The molecule has 0 aliphatic heterocycles. The largest absolute Gasteiger partial charge is 0.496 e. The van der Waals surface area contributed by atoms with E-state index in [1.54, 1.807) is 14.2 Å². The van der Waals surface area contributed by atoms with Crippen LogP contribution in [0.1, 0.15) is 12.5 Å². The van der Waals surface area contributed by atoms with Crippen LogP contribution in [-0.2, 0) is 11.3 Å². The van der Waals surface area contributed by atoms with Gasteiger partial charge in [-0.15, -0.1) is 0 Å². The molecule has 0 amide bonds. The van der Waals surface area contributed by atoms with Gasteiger partial charge >= 0.3 is 0 Å². The van der Waals surface area contributed by atoms with Crippen LogP contribution in [0.4, 0.5) is 0 Å². The molecule has 0 aliphatic rings. The first-order valence-electron chi connectivity index (χ1n) is 4.61. The molecule has 0 saturated carbocycles. The van der Waals surface area contributed by atoms with Crippen LogP contribution in [0, 0.1) is 0 Å². The number of rotatable bonds is 5. The van der Waals surface area contributed by atoms with Crippen LogP contribution in [0.5, 0.6) is 11.5 Å². The highest BCUT2D eigenvalue weighted by Gasteiger charge is 2.08. The Bertz CT molecular complexity index is 262. The summed E-state index contributed by atoms with van der Waals surface area (Å²) in [4.78, 5) is 0. The maximum absolute atomic E-state index is 5.34. The maximum atomic E-state index is 5.34. The van der Waals surface area contributed by atoms with Crippen molar-refractivity contribution < 1.29 is 14.2 Å². The zero-order valence-corrected chi connectivity index (χ0v) is 8.87. The van der Waals surface area contributed by atoms with Crippen LogP contribution in [-0.4, -0.2) is 20.8 Å². The second kappa shape index (κ2) is 5.50. The number of benzene rings is 1. The lowest BCUT2D eigenvalue weighted by molar-refractivity contribution is 0.129. The molecule has 0 saturated heterocycles. The molecule has 0 heterocycles. The summed E-state index contributed by atoms with van der Waals surface area (Å²) in [6.45, 7) is 3.16.